The van der Waals surface area contributed by atoms with E-state index in [1.807, 2.05) is 12.1 Å². The number of alkyl halides is 3. The van der Waals surface area contributed by atoms with Crippen molar-refractivity contribution >= 4 is 20.0 Å². The second-order valence-electron chi connectivity index (χ2n) is 9.23. The summed E-state index contributed by atoms with van der Waals surface area (Å²) < 4.78 is 71.8. The van der Waals surface area contributed by atoms with Crippen LogP contribution in [0.3, 0.4) is 0 Å². The Morgan fingerprint density at radius 3 is 2.46 bits per heavy atom. The molecule has 1 unspecified atom stereocenters. The zero-order valence-electron chi connectivity index (χ0n) is 20.6. The van der Waals surface area contributed by atoms with Gasteiger partial charge in [-0.1, -0.05) is 37.5 Å². The van der Waals surface area contributed by atoms with Crippen molar-refractivity contribution in [3.05, 3.63) is 59.4 Å². The van der Waals surface area contributed by atoms with E-state index in [9.17, 15) is 22.1 Å². The molecule has 0 radical (unpaired) electrons. The summed E-state index contributed by atoms with van der Waals surface area (Å²) in [7, 11) is -2.63. The van der Waals surface area contributed by atoms with Crippen molar-refractivity contribution < 1.29 is 36.3 Å². The quantitative estimate of drug-likeness (QED) is 0.101. The highest BCUT2D eigenvalue weighted by atomic mass is 32.2. The third-order valence-corrected chi connectivity index (χ3v) is 8.13. The molecule has 1 aliphatic rings. The maximum atomic E-state index is 13.4. The van der Waals surface area contributed by atoms with Gasteiger partial charge in [-0.2, -0.15) is 0 Å². The van der Waals surface area contributed by atoms with E-state index >= 15 is 0 Å². The highest BCUT2D eigenvalue weighted by Gasteiger charge is 2.35. The third-order valence-electron chi connectivity index (χ3n) is 6.59. The van der Waals surface area contributed by atoms with Gasteiger partial charge in [-0.25, -0.2) is 4.39 Å². The molecule has 11 heteroatoms. The van der Waals surface area contributed by atoms with Crippen molar-refractivity contribution in [2.45, 2.75) is 74.6 Å². The molecule has 2 N–H and O–H groups in total. The lowest BCUT2D eigenvalue weighted by molar-refractivity contribution is -0.275. The summed E-state index contributed by atoms with van der Waals surface area (Å²) in [6, 6.07) is 11.6. The zero-order valence-corrected chi connectivity index (χ0v) is 22.3. The van der Waals surface area contributed by atoms with Crippen LogP contribution in [0, 0.1) is 5.82 Å². The number of benzene rings is 2. The summed E-state index contributed by atoms with van der Waals surface area (Å²) in [5.41, 5.74) is 1.89. The molecule has 1 fully saturated rings. The molecule has 0 spiro atoms. The summed E-state index contributed by atoms with van der Waals surface area (Å²) in [4.78, 5) is 9.03. The molecule has 0 aromatic heterocycles. The molecule has 5 nitrogen and oxygen atoms in total. The van der Waals surface area contributed by atoms with Crippen molar-refractivity contribution in [3.8, 4) is 5.75 Å². The molecule has 0 amide bonds. The van der Waals surface area contributed by atoms with Gasteiger partial charge in [0.2, 0.25) is 0 Å². The number of rotatable bonds is 15. The Kier molecular flexibility index (Phi) is 11.7. The van der Waals surface area contributed by atoms with E-state index in [-0.39, 0.29) is 23.6 Å². The molecule has 2 aromatic rings. The Balaban J connectivity index is 1.50. The molecule has 0 saturated heterocycles. The van der Waals surface area contributed by atoms with E-state index in [4.69, 9.17) is 4.89 Å². The van der Waals surface area contributed by atoms with Crippen LogP contribution in [0.1, 0.15) is 62.5 Å². The zero-order chi connectivity index (χ0) is 26.7. The fraction of sp³-hybridized carbons (Fsp3) is 0.538. The molecule has 2 aromatic carbocycles. The molecule has 0 aliphatic heterocycles. The fourth-order valence-corrected chi connectivity index (χ4v) is 6.11. The molecule has 0 bridgehead atoms. The molecule has 3 rings (SSSR count). The van der Waals surface area contributed by atoms with Gasteiger partial charge in [0.1, 0.15) is 18.2 Å². The highest BCUT2D eigenvalue weighted by molar-refractivity contribution is 7.99. The Labute approximate surface area is 220 Å². The van der Waals surface area contributed by atoms with Crippen LogP contribution in [0.15, 0.2) is 47.4 Å². The molecule has 204 valence electrons. The first-order valence-electron chi connectivity index (χ1n) is 12.4. The summed E-state index contributed by atoms with van der Waals surface area (Å²) in [5.74, 6) is 0.216. The summed E-state index contributed by atoms with van der Waals surface area (Å²) in [6.45, 7) is 0.923. The first kappa shape index (κ1) is 29.8. The number of nitrogens with one attached hydrogen (secondary N) is 1. The maximum absolute atomic E-state index is 13.4. The van der Waals surface area contributed by atoms with Crippen molar-refractivity contribution in [1.29, 1.82) is 0 Å². The first-order valence-corrected chi connectivity index (χ1v) is 14.6. The number of thioether (sulfide) groups is 1. The minimum absolute atomic E-state index is 0.0688. The molecule has 0 heterocycles. The number of hydrogen-bond donors (Lipinski definition) is 2. The summed E-state index contributed by atoms with van der Waals surface area (Å²) in [6.07, 6.45) is 2.95. The average molecular weight is 563 g/mol. The van der Waals surface area contributed by atoms with E-state index < -0.39 is 14.6 Å². The smallest absolute Gasteiger partial charge is 0.405 e. The van der Waals surface area contributed by atoms with Crippen LogP contribution in [-0.4, -0.2) is 30.2 Å². The van der Waals surface area contributed by atoms with Gasteiger partial charge >= 0.3 is 14.6 Å². The number of ether oxygens (including phenoxy) is 1. The monoisotopic (exact) mass is 562 g/mol. The third kappa shape index (κ3) is 10.2. The van der Waals surface area contributed by atoms with Gasteiger partial charge in [0, 0.05) is 16.0 Å². The van der Waals surface area contributed by atoms with Gasteiger partial charge in [0.15, 0.2) is 0 Å². The highest BCUT2D eigenvalue weighted by Crippen LogP contribution is 2.45. The summed E-state index contributed by atoms with van der Waals surface area (Å²) >= 11 is 1.35. The topological polar surface area (TPSA) is 67.8 Å². The first-order chi connectivity index (χ1) is 17.7. The van der Waals surface area contributed by atoms with Crippen LogP contribution in [0.4, 0.5) is 17.6 Å². The van der Waals surface area contributed by atoms with Crippen LogP contribution in [0.5, 0.6) is 5.75 Å². The van der Waals surface area contributed by atoms with Crippen molar-refractivity contribution in [3.63, 3.8) is 0 Å². The lowest BCUT2D eigenvalue weighted by atomic mass is 9.75. The predicted octanol–water partition coefficient (Wildman–Crippen LogP) is 7.64. The van der Waals surface area contributed by atoms with Crippen LogP contribution in [0.2, 0.25) is 0 Å². The second kappa shape index (κ2) is 14.4. The van der Waals surface area contributed by atoms with Crippen LogP contribution in [-0.2, 0) is 21.0 Å². The fourth-order valence-electron chi connectivity index (χ4n) is 4.84. The largest absolute Gasteiger partial charge is 0.694 e. The molecule has 1 saturated carbocycles. The van der Waals surface area contributed by atoms with E-state index in [0.29, 0.717) is 35.7 Å². The Morgan fingerprint density at radius 2 is 1.78 bits per heavy atom. The lowest BCUT2D eigenvalue weighted by Gasteiger charge is -2.30. The van der Waals surface area contributed by atoms with Crippen LogP contribution < -0.4 is 10.1 Å². The molecular weight excluding hydrogens is 529 g/mol. The lowest BCUT2D eigenvalue weighted by Crippen LogP contribution is -2.22. The number of halogens is 4. The average Bonchev–Trinajstić information content (AvgIpc) is 3.31. The Hall–Kier alpha value is -1.71. The number of hydrogen-bond acceptors (Lipinski definition) is 5. The molecule has 1 atom stereocenters. The number of unbranched alkanes of at least 4 members (excludes halogenated alkanes) is 1. The van der Waals surface area contributed by atoms with E-state index in [1.165, 1.54) is 35.5 Å². The van der Waals surface area contributed by atoms with Crippen LogP contribution in [0.25, 0.3) is 0 Å². The van der Waals surface area contributed by atoms with Crippen molar-refractivity contribution in [2.24, 2.45) is 0 Å². The van der Waals surface area contributed by atoms with E-state index in [1.54, 1.807) is 12.1 Å². The Morgan fingerprint density at radius 1 is 1.05 bits per heavy atom. The summed E-state index contributed by atoms with van der Waals surface area (Å²) in [5, 5.41) is 3.07. The second-order valence-corrected chi connectivity index (χ2v) is 11.1. The van der Waals surface area contributed by atoms with E-state index in [0.717, 1.165) is 44.9 Å². The minimum atomic E-state index is -4.79. The standard InChI is InChI=1S/C26H32F4NO4PS/c27-22-9-7-21(8-10-22)25(12-1-2-13-25)14-3-4-17-37-24-11-6-20(18-23(24)35-26(28,29)30)19-31-15-5-16-34-36(32)33/h6-11,18,31H,1-5,12-17,19H2/p+1. The maximum Gasteiger partial charge on any atom is 0.694 e. The van der Waals surface area contributed by atoms with Gasteiger partial charge in [-0.05, 0) is 85.2 Å². The van der Waals surface area contributed by atoms with Crippen molar-refractivity contribution in [1.82, 2.24) is 5.32 Å². The van der Waals surface area contributed by atoms with Gasteiger partial charge in [-0.3, -0.25) is 0 Å². The van der Waals surface area contributed by atoms with Crippen molar-refractivity contribution in [2.75, 3.05) is 18.9 Å². The molecule has 1 aliphatic carbocycles. The molecule has 37 heavy (non-hydrogen) atoms. The SMILES string of the molecule is O=[P+](O)OCCCNCc1ccc(SCCCCC2(c3ccc(F)cc3)CCCC2)c(OC(F)(F)F)c1. The van der Waals surface area contributed by atoms with Gasteiger partial charge in [0.25, 0.3) is 0 Å². The normalized spacial score (nSPS) is 15.6. The molecular formula is C26H33F4NO4PS+. The van der Waals surface area contributed by atoms with Gasteiger partial charge in [-0.15, -0.1) is 34.4 Å². The van der Waals surface area contributed by atoms with Crippen LogP contribution >= 0.6 is 20.0 Å². The van der Waals surface area contributed by atoms with E-state index in [2.05, 4.69) is 14.6 Å². The minimum Gasteiger partial charge on any atom is -0.405 e. The predicted molar refractivity (Wildman–Crippen MR) is 136 cm³/mol. The Bertz CT molecular complexity index is 1000. The van der Waals surface area contributed by atoms with Gasteiger partial charge in [0.05, 0.1) is 0 Å². The van der Waals surface area contributed by atoms with Gasteiger partial charge < -0.3 is 10.1 Å².